The molecule has 0 radical (unpaired) electrons. The summed E-state index contributed by atoms with van der Waals surface area (Å²) in [5, 5.41) is 6.13. The van der Waals surface area contributed by atoms with Gasteiger partial charge in [0.15, 0.2) is 0 Å². The summed E-state index contributed by atoms with van der Waals surface area (Å²) < 4.78 is 0. The number of hydrogen-bond acceptors (Lipinski definition) is 3. The van der Waals surface area contributed by atoms with Crippen LogP contribution in [-0.2, 0) is 4.79 Å². The van der Waals surface area contributed by atoms with E-state index in [0.29, 0.717) is 13.0 Å². The topological polar surface area (TPSA) is 64.7 Å². The van der Waals surface area contributed by atoms with Gasteiger partial charge >= 0.3 is 6.03 Å². The second-order valence-corrected chi connectivity index (χ2v) is 7.52. The summed E-state index contributed by atoms with van der Waals surface area (Å²) in [5.41, 5.74) is 0. The molecule has 2 aliphatic heterocycles. The van der Waals surface area contributed by atoms with Crippen molar-refractivity contribution < 1.29 is 9.59 Å². The molecule has 3 amide bonds. The highest BCUT2D eigenvalue weighted by molar-refractivity contribution is 5.78. The van der Waals surface area contributed by atoms with Crippen LogP contribution in [0.25, 0.3) is 0 Å². The van der Waals surface area contributed by atoms with Crippen molar-refractivity contribution in [3.63, 3.8) is 0 Å². The molecule has 3 rings (SSSR count). The fourth-order valence-electron chi connectivity index (χ4n) is 4.22. The zero-order valence-corrected chi connectivity index (χ0v) is 14.2. The fourth-order valence-corrected chi connectivity index (χ4v) is 4.22. The van der Waals surface area contributed by atoms with E-state index in [1.807, 2.05) is 0 Å². The van der Waals surface area contributed by atoms with E-state index >= 15 is 0 Å². The summed E-state index contributed by atoms with van der Waals surface area (Å²) in [6.45, 7) is 3.90. The van der Waals surface area contributed by atoms with Crippen LogP contribution < -0.4 is 10.6 Å². The molecule has 2 N–H and O–H groups in total. The Balaban J connectivity index is 1.36. The molecule has 0 aromatic carbocycles. The van der Waals surface area contributed by atoms with E-state index in [1.165, 1.54) is 32.2 Å². The van der Waals surface area contributed by atoms with E-state index < -0.39 is 0 Å². The van der Waals surface area contributed by atoms with E-state index in [-0.39, 0.29) is 24.0 Å². The van der Waals surface area contributed by atoms with Crippen molar-refractivity contribution in [1.82, 2.24) is 20.4 Å². The van der Waals surface area contributed by atoms with E-state index in [2.05, 4.69) is 15.5 Å². The van der Waals surface area contributed by atoms with Gasteiger partial charge in [0.25, 0.3) is 0 Å². The molecule has 0 spiro atoms. The predicted molar refractivity (Wildman–Crippen MR) is 89.1 cm³/mol. The molecule has 2 heterocycles. The first kappa shape index (κ1) is 16.6. The molecule has 6 nitrogen and oxygen atoms in total. The molecule has 3 aliphatic rings. The Bertz CT molecular complexity index is 436. The predicted octanol–water partition coefficient (Wildman–Crippen LogP) is 1.17. The van der Waals surface area contributed by atoms with Crippen molar-refractivity contribution in [2.45, 2.75) is 57.0 Å². The quantitative estimate of drug-likeness (QED) is 0.817. The monoisotopic (exact) mass is 322 g/mol. The fraction of sp³-hybridized carbons (Fsp3) is 0.882. The molecule has 6 heteroatoms. The Morgan fingerprint density at radius 2 is 1.78 bits per heavy atom. The van der Waals surface area contributed by atoms with Gasteiger partial charge in [0.1, 0.15) is 0 Å². The third kappa shape index (κ3) is 4.59. The van der Waals surface area contributed by atoms with Gasteiger partial charge in [-0.15, -0.1) is 0 Å². The van der Waals surface area contributed by atoms with E-state index in [0.717, 1.165) is 31.8 Å². The van der Waals surface area contributed by atoms with Crippen molar-refractivity contribution in [2.75, 3.05) is 33.2 Å². The van der Waals surface area contributed by atoms with Gasteiger partial charge in [0.2, 0.25) is 5.91 Å². The number of hydrogen-bond donors (Lipinski definition) is 2. The highest BCUT2D eigenvalue weighted by atomic mass is 16.2. The molecule has 2 atom stereocenters. The van der Waals surface area contributed by atoms with Crippen molar-refractivity contribution >= 4 is 11.9 Å². The zero-order valence-electron chi connectivity index (χ0n) is 14.2. The van der Waals surface area contributed by atoms with Crippen molar-refractivity contribution in [2.24, 2.45) is 5.92 Å². The van der Waals surface area contributed by atoms with E-state index in [9.17, 15) is 9.59 Å². The Labute approximate surface area is 139 Å². The van der Waals surface area contributed by atoms with E-state index in [4.69, 9.17) is 0 Å². The van der Waals surface area contributed by atoms with Crippen LogP contribution in [0.1, 0.15) is 44.9 Å². The van der Waals surface area contributed by atoms with E-state index in [1.54, 1.807) is 11.9 Å². The van der Waals surface area contributed by atoms with Crippen LogP contribution in [0.5, 0.6) is 0 Å². The first-order valence-electron chi connectivity index (χ1n) is 9.13. The summed E-state index contributed by atoms with van der Waals surface area (Å²) in [6.07, 6.45) is 7.85. The number of likely N-dealkylation sites (N-methyl/N-ethyl adjacent to an activating group) is 1. The Kier molecular flexibility index (Phi) is 5.41. The molecular weight excluding hydrogens is 292 g/mol. The molecule has 1 saturated carbocycles. The van der Waals surface area contributed by atoms with Gasteiger partial charge in [-0.1, -0.05) is 12.8 Å². The van der Waals surface area contributed by atoms with Gasteiger partial charge in [-0.25, -0.2) is 4.79 Å². The minimum Gasteiger partial charge on any atom is -0.344 e. The van der Waals surface area contributed by atoms with Crippen molar-refractivity contribution in [3.05, 3.63) is 0 Å². The van der Waals surface area contributed by atoms with Gasteiger partial charge in [-0.2, -0.15) is 0 Å². The lowest BCUT2D eigenvalue weighted by atomic mass is 10.1. The average molecular weight is 322 g/mol. The van der Waals surface area contributed by atoms with Crippen molar-refractivity contribution in [3.8, 4) is 0 Å². The number of carbonyl (C=O) groups excluding carboxylic acids is 2. The molecule has 1 aliphatic carbocycles. The lowest BCUT2D eigenvalue weighted by molar-refractivity contribution is -0.132. The summed E-state index contributed by atoms with van der Waals surface area (Å²) in [6, 6.07) is 0.263. The molecule has 3 fully saturated rings. The van der Waals surface area contributed by atoms with Crippen LogP contribution >= 0.6 is 0 Å². The number of carbonyl (C=O) groups is 2. The summed E-state index contributed by atoms with van der Waals surface area (Å²) in [4.78, 5) is 27.8. The Morgan fingerprint density at radius 3 is 2.48 bits per heavy atom. The maximum absolute atomic E-state index is 12.2. The second kappa shape index (κ2) is 7.51. The SMILES string of the molecule is CN1C[C@@H](NC(=O)N[C@@H]2CCN(CC3CCCC3)C2)CCC1=O. The molecule has 0 aromatic rings. The number of likely N-dealkylation sites (tertiary alicyclic amines) is 2. The molecule has 0 unspecified atom stereocenters. The first-order chi connectivity index (χ1) is 11.1. The van der Waals surface area contributed by atoms with Crippen molar-refractivity contribution in [1.29, 1.82) is 0 Å². The number of nitrogens with zero attached hydrogens (tertiary/aromatic N) is 2. The summed E-state index contributed by atoms with van der Waals surface area (Å²) >= 11 is 0. The molecule has 0 aromatic heterocycles. The molecule has 2 saturated heterocycles. The number of nitrogens with one attached hydrogen (secondary N) is 2. The summed E-state index contributed by atoms with van der Waals surface area (Å²) in [7, 11) is 1.80. The van der Waals surface area contributed by atoms with Crippen LogP contribution in [0.4, 0.5) is 4.79 Å². The third-order valence-electron chi connectivity index (χ3n) is 5.56. The molecule has 130 valence electrons. The van der Waals surface area contributed by atoms with Crippen LogP contribution in [0, 0.1) is 5.92 Å². The van der Waals surface area contributed by atoms with Crippen LogP contribution in [0.2, 0.25) is 0 Å². The minimum atomic E-state index is -0.0783. The standard InChI is InChI=1S/C17H30N4O2/c1-20-11-14(6-7-16(20)22)18-17(23)19-15-8-9-21(12-15)10-13-4-2-3-5-13/h13-15H,2-12H2,1H3,(H2,18,19,23)/t14-,15+/m0/s1. The smallest absolute Gasteiger partial charge is 0.315 e. The maximum atomic E-state index is 12.2. The zero-order chi connectivity index (χ0) is 16.2. The first-order valence-corrected chi connectivity index (χ1v) is 9.13. The molecule has 0 bridgehead atoms. The van der Waals surface area contributed by atoms with Gasteiger partial charge in [0, 0.05) is 51.7 Å². The second-order valence-electron chi connectivity index (χ2n) is 7.52. The van der Waals surface area contributed by atoms with Crippen LogP contribution in [0.15, 0.2) is 0 Å². The normalized spacial score (nSPS) is 30.0. The van der Waals surface area contributed by atoms with Gasteiger partial charge in [-0.05, 0) is 31.6 Å². The van der Waals surface area contributed by atoms with Gasteiger partial charge in [-0.3, -0.25) is 4.79 Å². The van der Waals surface area contributed by atoms with Crippen LogP contribution in [-0.4, -0.2) is 67.0 Å². The highest BCUT2D eigenvalue weighted by Gasteiger charge is 2.28. The van der Waals surface area contributed by atoms with Gasteiger partial charge in [0.05, 0.1) is 0 Å². The number of urea groups is 1. The molecule has 23 heavy (non-hydrogen) atoms. The van der Waals surface area contributed by atoms with Crippen LogP contribution in [0.3, 0.4) is 0 Å². The number of rotatable bonds is 4. The Hall–Kier alpha value is -1.30. The third-order valence-corrected chi connectivity index (χ3v) is 5.56. The lowest BCUT2D eigenvalue weighted by Crippen LogP contribution is -2.53. The number of piperidine rings is 1. The maximum Gasteiger partial charge on any atom is 0.315 e. The Morgan fingerprint density at radius 1 is 1.09 bits per heavy atom. The largest absolute Gasteiger partial charge is 0.344 e. The number of amides is 3. The molecular formula is C17H30N4O2. The minimum absolute atomic E-state index is 0.0775. The average Bonchev–Trinajstić information content (AvgIpc) is 3.16. The van der Waals surface area contributed by atoms with Gasteiger partial charge < -0.3 is 20.4 Å². The summed E-state index contributed by atoms with van der Waals surface area (Å²) in [5.74, 6) is 1.04. The highest BCUT2D eigenvalue weighted by Crippen LogP contribution is 2.26. The lowest BCUT2D eigenvalue weighted by Gasteiger charge is -2.30.